The monoisotopic (exact) mass is 501 g/mol. The van der Waals surface area contributed by atoms with Gasteiger partial charge in [0.2, 0.25) is 21.8 Å². The fraction of sp³-hybridized carbons (Fsp3) is 0.481. The number of anilines is 1. The first-order chi connectivity index (χ1) is 16.3. The molecule has 0 saturated carbocycles. The minimum Gasteiger partial charge on any atom is -0.354 e. The average molecular weight is 502 g/mol. The molecule has 1 N–H and O–H groups in total. The van der Waals surface area contributed by atoms with Gasteiger partial charge in [-0.05, 0) is 55.9 Å². The van der Waals surface area contributed by atoms with Gasteiger partial charge in [-0.2, -0.15) is 0 Å². The number of sulfonamides is 1. The smallest absolute Gasteiger partial charge is 0.244 e. The van der Waals surface area contributed by atoms with Gasteiger partial charge in [-0.1, -0.05) is 62.7 Å². The second-order valence-corrected chi connectivity index (χ2v) is 11.5. The SMILES string of the molecule is CC[C@@H](C(=O)NCC(C)C)N(Cc1cccc(C)c1)C(=O)CN(c1cc(C)ccc1C)S(C)(=O)=O. The standard InChI is InChI=1S/C27H39N3O4S/c1-8-24(27(32)28-16-19(2)3)29(17-23-11-9-10-20(4)14-23)26(31)18-30(35(7,33)34)25-15-21(5)12-13-22(25)6/h9-15,19,24H,8,16-18H2,1-7H3,(H,28,32)/t24-/m0/s1. The van der Waals surface area contributed by atoms with E-state index in [1.165, 1.54) is 4.90 Å². The van der Waals surface area contributed by atoms with E-state index in [1.54, 1.807) is 6.07 Å². The lowest BCUT2D eigenvalue weighted by Crippen LogP contribution is -2.52. The molecule has 1 atom stereocenters. The van der Waals surface area contributed by atoms with Crippen molar-refractivity contribution in [1.29, 1.82) is 0 Å². The quantitative estimate of drug-likeness (QED) is 0.505. The van der Waals surface area contributed by atoms with E-state index in [-0.39, 0.29) is 24.9 Å². The first-order valence-electron chi connectivity index (χ1n) is 12.0. The summed E-state index contributed by atoms with van der Waals surface area (Å²) in [5, 5.41) is 2.93. The summed E-state index contributed by atoms with van der Waals surface area (Å²) in [7, 11) is -3.75. The summed E-state index contributed by atoms with van der Waals surface area (Å²) >= 11 is 0. The van der Waals surface area contributed by atoms with Gasteiger partial charge in [-0.15, -0.1) is 0 Å². The number of nitrogens with one attached hydrogen (secondary N) is 1. The van der Waals surface area contributed by atoms with E-state index in [9.17, 15) is 18.0 Å². The van der Waals surface area contributed by atoms with Crippen molar-refractivity contribution in [2.45, 2.75) is 60.5 Å². The summed E-state index contributed by atoms with van der Waals surface area (Å²) in [4.78, 5) is 28.3. The highest BCUT2D eigenvalue weighted by atomic mass is 32.2. The molecule has 2 aromatic rings. The van der Waals surface area contributed by atoms with Crippen LogP contribution in [-0.2, 0) is 26.2 Å². The molecule has 0 unspecified atom stereocenters. The van der Waals surface area contributed by atoms with E-state index in [2.05, 4.69) is 5.32 Å². The highest BCUT2D eigenvalue weighted by Crippen LogP contribution is 2.25. The van der Waals surface area contributed by atoms with Crippen molar-refractivity contribution in [3.05, 3.63) is 64.7 Å². The van der Waals surface area contributed by atoms with Gasteiger partial charge in [0.25, 0.3) is 0 Å². The average Bonchev–Trinajstić information content (AvgIpc) is 2.76. The molecule has 0 heterocycles. The van der Waals surface area contributed by atoms with Crippen LogP contribution in [0.15, 0.2) is 42.5 Å². The van der Waals surface area contributed by atoms with E-state index in [0.29, 0.717) is 18.7 Å². The molecular formula is C27H39N3O4S. The van der Waals surface area contributed by atoms with Crippen molar-refractivity contribution >= 4 is 27.5 Å². The maximum absolute atomic E-state index is 13.7. The van der Waals surface area contributed by atoms with Gasteiger partial charge in [0, 0.05) is 13.1 Å². The maximum Gasteiger partial charge on any atom is 0.244 e. The van der Waals surface area contributed by atoms with Gasteiger partial charge in [0.05, 0.1) is 11.9 Å². The lowest BCUT2D eigenvalue weighted by Gasteiger charge is -2.33. The molecule has 2 amide bonds. The highest BCUT2D eigenvalue weighted by molar-refractivity contribution is 7.92. The number of benzene rings is 2. The molecule has 2 aromatic carbocycles. The Morgan fingerprint density at radius 2 is 1.66 bits per heavy atom. The predicted octanol–water partition coefficient (Wildman–Crippen LogP) is 3.96. The number of rotatable bonds is 11. The highest BCUT2D eigenvalue weighted by Gasteiger charge is 2.32. The van der Waals surface area contributed by atoms with Crippen LogP contribution in [-0.4, -0.2) is 50.5 Å². The molecule has 7 nitrogen and oxygen atoms in total. The van der Waals surface area contributed by atoms with Gasteiger partial charge in [0.15, 0.2) is 0 Å². The van der Waals surface area contributed by atoms with Crippen LogP contribution >= 0.6 is 0 Å². The van der Waals surface area contributed by atoms with Crippen molar-refractivity contribution in [2.24, 2.45) is 5.92 Å². The van der Waals surface area contributed by atoms with Crippen LogP contribution in [0.2, 0.25) is 0 Å². The number of hydrogen-bond donors (Lipinski definition) is 1. The lowest BCUT2D eigenvalue weighted by atomic mass is 10.1. The third-order valence-electron chi connectivity index (χ3n) is 5.82. The zero-order chi connectivity index (χ0) is 26.3. The second kappa shape index (κ2) is 12.2. The number of hydrogen-bond acceptors (Lipinski definition) is 4. The van der Waals surface area contributed by atoms with Gasteiger partial charge in [0.1, 0.15) is 12.6 Å². The van der Waals surface area contributed by atoms with E-state index in [0.717, 1.165) is 32.8 Å². The van der Waals surface area contributed by atoms with Crippen molar-refractivity contribution in [2.75, 3.05) is 23.7 Å². The summed E-state index contributed by atoms with van der Waals surface area (Å²) in [6.07, 6.45) is 1.50. The molecule has 192 valence electrons. The third-order valence-corrected chi connectivity index (χ3v) is 6.94. The number of amides is 2. The van der Waals surface area contributed by atoms with Gasteiger partial charge >= 0.3 is 0 Å². The van der Waals surface area contributed by atoms with Crippen LogP contribution in [0, 0.1) is 26.7 Å². The Bertz CT molecular complexity index is 1140. The van der Waals surface area contributed by atoms with Gasteiger partial charge in [-0.3, -0.25) is 13.9 Å². The molecule has 2 rings (SSSR count). The Morgan fingerprint density at radius 3 is 2.23 bits per heavy atom. The van der Waals surface area contributed by atoms with Crippen LogP contribution in [0.1, 0.15) is 49.4 Å². The molecular weight excluding hydrogens is 462 g/mol. The zero-order valence-corrected chi connectivity index (χ0v) is 22.8. The second-order valence-electron chi connectivity index (χ2n) is 9.63. The minimum absolute atomic E-state index is 0.207. The number of nitrogens with zero attached hydrogens (tertiary/aromatic N) is 2. The topological polar surface area (TPSA) is 86.8 Å². The molecule has 0 saturated heterocycles. The molecule has 0 fully saturated rings. The van der Waals surface area contributed by atoms with E-state index < -0.39 is 22.0 Å². The number of aryl methyl sites for hydroxylation is 3. The number of carbonyl (C=O) groups excluding carboxylic acids is 2. The Hall–Kier alpha value is -2.87. The van der Waals surface area contributed by atoms with Gasteiger partial charge in [-0.25, -0.2) is 8.42 Å². The molecule has 8 heteroatoms. The van der Waals surface area contributed by atoms with Crippen LogP contribution in [0.5, 0.6) is 0 Å². The summed E-state index contributed by atoms with van der Waals surface area (Å²) < 4.78 is 26.7. The van der Waals surface area contributed by atoms with Gasteiger partial charge < -0.3 is 10.2 Å². The van der Waals surface area contributed by atoms with Crippen molar-refractivity contribution in [3.8, 4) is 0 Å². The summed E-state index contributed by atoms with van der Waals surface area (Å²) in [5.74, 6) is -0.397. The Balaban J connectivity index is 2.47. The van der Waals surface area contributed by atoms with E-state index >= 15 is 0 Å². The fourth-order valence-corrected chi connectivity index (χ4v) is 4.83. The van der Waals surface area contributed by atoms with Crippen LogP contribution in [0.3, 0.4) is 0 Å². The molecule has 35 heavy (non-hydrogen) atoms. The largest absolute Gasteiger partial charge is 0.354 e. The Labute approximate surface area is 210 Å². The third kappa shape index (κ3) is 8.09. The first kappa shape index (κ1) is 28.4. The van der Waals surface area contributed by atoms with Crippen molar-refractivity contribution in [3.63, 3.8) is 0 Å². The van der Waals surface area contributed by atoms with Crippen molar-refractivity contribution < 1.29 is 18.0 Å². The zero-order valence-electron chi connectivity index (χ0n) is 22.0. The summed E-state index contributed by atoms with van der Waals surface area (Å²) in [6.45, 7) is 11.8. The molecule has 0 radical (unpaired) electrons. The molecule has 0 bridgehead atoms. The fourth-order valence-electron chi connectivity index (χ4n) is 3.93. The minimum atomic E-state index is -3.75. The van der Waals surface area contributed by atoms with E-state index in [4.69, 9.17) is 0 Å². The Morgan fingerprint density at radius 1 is 1.00 bits per heavy atom. The van der Waals surface area contributed by atoms with E-state index in [1.807, 2.05) is 77.9 Å². The maximum atomic E-state index is 13.7. The summed E-state index contributed by atoms with van der Waals surface area (Å²) in [5.41, 5.74) is 4.03. The lowest BCUT2D eigenvalue weighted by molar-refractivity contribution is -0.140. The number of carbonyl (C=O) groups is 2. The summed E-state index contributed by atoms with van der Waals surface area (Å²) in [6, 6.07) is 12.5. The predicted molar refractivity (Wildman–Crippen MR) is 142 cm³/mol. The van der Waals surface area contributed by atoms with Crippen molar-refractivity contribution in [1.82, 2.24) is 10.2 Å². The normalized spacial score (nSPS) is 12.3. The Kier molecular flexibility index (Phi) is 9.89. The molecule has 0 aliphatic carbocycles. The molecule has 0 spiro atoms. The molecule has 0 aromatic heterocycles. The first-order valence-corrected chi connectivity index (χ1v) is 13.9. The van der Waals surface area contributed by atoms with Crippen LogP contribution < -0.4 is 9.62 Å². The molecule has 0 aliphatic heterocycles. The van der Waals surface area contributed by atoms with Crippen LogP contribution in [0.25, 0.3) is 0 Å². The molecule has 0 aliphatic rings. The van der Waals surface area contributed by atoms with Crippen LogP contribution in [0.4, 0.5) is 5.69 Å².